The van der Waals surface area contributed by atoms with Crippen LogP contribution in [0.2, 0.25) is 0 Å². The quantitative estimate of drug-likeness (QED) is 0.465. The predicted octanol–water partition coefficient (Wildman–Crippen LogP) is 2.50. The largest absolute Gasteiger partial charge is 1.00 e. The molecule has 1 unspecified atom stereocenters. The van der Waals surface area contributed by atoms with E-state index in [1.165, 1.54) is 55.8 Å². The zero-order valence-corrected chi connectivity index (χ0v) is 24.7. The summed E-state index contributed by atoms with van der Waals surface area (Å²) < 4.78 is 0.640. The molecule has 2 aliphatic carbocycles. The average Bonchev–Trinajstić information content (AvgIpc) is 3.41. The molecule has 0 saturated carbocycles. The van der Waals surface area contributed by atoms with Gasteiger partial charge in [0.1, 0.15) is 0 Å². The van der Waals surface area contributed by atoms with E-state index in [1.54, 1.807) is 24.7 Å². The molecule has 0 saturated heterocycles. The number of hydrogen-bond donors (Lipinski definition) is 1. The van der Waals surface area contributed by atoms with Gasteiger partial charge in [-0.2, -0.15) is 0 Å². The fourth-order valence-corrected chi connectivity index (χ4v) is 5.39. The molecule has 0 fully saturated rings. The van der Waals surface area contributed by atoms with Gasteiger partial charge >= 0.3 is 143 Å². The van der Waals surface area contributed by atoms with Gasteiger partial charge in [-0.1, -0.05) is 6.08 Å². The first-order valence-electron chi connectivity index (χ1n) is 11.4. The fourth-order valence-electron chi connectivity index (χ4n) is 4.57. The summed E-state index contributed by atoms with van der Waals surface area (Å²) in [4.78, 5) is 3.23. The molecular weight excluding hydrogens is 536 g/mol. The van der Waals surface area contributed by atoms with Crippen LogP contribution in [0.5, 0.6) is 0 Å². The van der Waals surface area contributed by atoms with Gasteiger partial charge in [-0.3, -0.25) is 0 Å². The second-order valence-corrected chi connectivity index (χ2v) is 11.2. The second-order valence-electron chi connectivity index (χ2n) is 9.79. The maximum atomic E-state index is 3.23. The molecule has 0 bridgehead atoms. The van der Waals surface area contributed by atoms with Gasteiger partial charge in [0.2, 0.25) is 0 Å². The number of nitrogens with one attached hydrogen (secondary N) is 1. The molecule has 0 radical (unpaired) electrons. The molecule has 0 amide bonds. The normalized spacial score (nSPS) is 16.9. The molecule has 0 aliphatic heterocycles. The maximum Gasteiger partial charge on any atom is 0.0526 e. The van der Waals surface area contributed by atoms with E-state index < -0.39 is 0 Å². The van der Waals surface area contributed by atoms with Crippen LogP contribution in [0.4, 0.5) is 0 Å². The summed E-state index contributed by atoms with van der Waals surface area (Å²) in [7, 11) is 0. The van der Waals surface area contributed by atoms with Gasteiger partial charge in [0.15, 0.2) is 0 Å². The summed E-state index contributed by atoms with van der Waals surface area (Å²) in [5.41, 5.74) is 14.0. The molecular formula is C30H32Cl2NZr. The Bertz CT molecular complexity index is 1240. The van der Waals surface area contributed by atoms with Crippen molar-refractivity contribution in [2.45, 2.75) is 50.6 Å². The standard InChI is InChI=1S/C20H21.C10H11N.2ClH.Zr/c1-14-12-16-6-5-7-18(19(16)13-14)15-8-10-17(11-9-15)20(2,3)4;1-3-9-7(2)6-8-4-5-11-10(8)9;;;/h5-13H,1-4H3;3-6,11H,1-2H3;2*1H;/q;;;;+2/p-2. The molecule has 175 valence electrons. The van der Waals surface area contributed by atoms with Crippen LogP contribution in [0.25, 0.3) is 28.9 Å². The molecule has 1 N–H and O–H groups in total. The summed E-state index contributed by atoms with van der Waals surface area (Å²) in [5, 5.41) is 0. The Labute approximate surface area is 232 Å². The Morgan fingerprint density at radius 3 is 2.21 bits per heavy atom. The van der Waals surface area contributed by atoms with Gasteiger partial charge in [-0.15, -0.1) is 0 Å². The molecule has 5 rings (SSSR count). The van der Waals surface area contributed by atoms with Gasteiger partial charge in [0.05, 0.1) is 5.69 Å². The summed E-state index contributed by atoms with van der Waals surface area (Å²) in [6.07, 6.45) is 8.72. The summed E-state index contributed by atoms with van der Waals surface area (Å²) in [6, 6.07) is 17.9. The van der Waals surface area contributed by atoms with Crippen LogP contribution in [0.3, 0.4) is 0 Å². The molecule has 2 aliphatic rings. The number of hydrogen-bond acceptors (Lipinski definition) is 0. The van der Waals surface area contributed by atoms with Gasteiger partial charge in [-0.25, -0.2) is 0 Å². The first-order valence-corrected chi connectivity index (χ1v) is 12.8. The monoisotopic (exact) mass is 566 g/mol. The topological polar surface area (TPSA) is 15.8 Å². The zero-order chi connectivity index (χ0) is 23.0. The third-order valence-corrected chi connectivity index (χ3v) is 8.36. The second kappa shape index (κ2) is 11.4. The van der Waals surface area contributed by atoms with Crippen molar-refractivity contribution in [3.05, 3.63) is 99.9 Å². The third-order valence-electron chi connectivity index (χ3n) is 6.47. The van der Waals surface area contributed by atoms with Crippen molar-refractivity contribution in [2.75, 3.05) is 0 Å². The number of allylic oxidation sites excluding steroid dienone is 4. The summed E-state index contributed by atoms with van der Waals surface area (Å²) in [6.45, 7) is 13.3. The van der Waals surface area contributed by atoms with Crippen LogP contribution in [0.15, 0.2) is 72.0 Å². The summed E-state index contributed by atoms with van der Waals surface area (Å²) in [5.74, 6) is 0. The average molecular weight is 569 g/mol. The van der Waals surface area contributed by atoms with Crippen LogP contribution in [-0.2, 0) is 30.1 Å². The van der Waals surface area contributed by atoms with Crippen LogP contribution < -0.4 is 24.8 Å². The van der Waals surface area contributed by atoms with Crippen LogP contribution in [0, 0.1) is 0 Å². The maximum absolute atomic E-state index is 3.23. The van der Waals surface area contributed by atoms with Crippen molar-refractivity contribution in [1.82, 2.24) is 4.98 Å². The van der Waals surface area contributed by atoms with E-state index in [4.69, 9.17) is 0 Å². The van der Waals surface area contributed by atoms with Gasteiger partial charge < -0.3 is 29.8 Å². The molecule has 0 spiro atoms. The number of rotatable bonds is 1. The van der Waals surface area contributed by atoms with E-state index in [-0.39, 0.29) is 30.2 Å². The number of aromatic amines is 1. The van der Waals surface area contributed by atoms with Crippen LogP contribution in [-0.4, -0.2) is 4.98 Å². The first-order chi connectivity index (χ1) is 15.2. The fraction of sp³-hybridized carbons (Fsp3) is 0.267. The van der Waals surface area contributed by atoms with E-state index in [2.05, 4.69) is 113 Å². The van der Waals surface area contributed by atoms with Crippen molar-refractivity contribution < 1.29 is 49.5 Å². The van der Waals surface area contributed by atoms with E-state index in [9.17, 15) is 0 Å². The molecule has 1 heterocycles. The van der Waals surface area contributed by atoms with Crippen molar-refractivity contribution in [2.24, 2.45) is 0 Å². The summed E-state index contributed by atoms with van der Waals surface area (Å²) >= 11 is 1.58. The van der Waals surface area contributed by atoms with Crippen LogP contribution >= 0.6 is 0 Å². The zero-order valence-electron chi connectivity index (χ0n) is 20.8. The third kappa shape index (κ3) is 5.62. The van der Waals surface area contributed by atoms with E-state index in [0.717, 1.165) is 0 Å². The Kier molecular flexibility index (Phi) is 9.62. The molecule has 1 aromatic heterocycles. The molecule has 1 atom stereocenters. The van der Waals surface area contributed by atoms with Crippen LogP contribution in [0.1, 0.15) is 73.1 Å². The molecule has 1 nitrogen and oxygen atoms in total. The van der Waals surface area contributed by atoms with Crippen molar-refractivity contribution in [3.63, 3.8) is 0 Å². The minimum absolute atomic E-state index is 0. The Balaban J connectivity index is 0.000000267. The molecule has 3 aromatic rings. The molecule has 34 heavy (non-hydrogen) atoms. The SMILES string of the molecule is CC1=Cc2c(-c3ccc(C(C)(C)C)cc3)cccc2[CH]1[Zr+2].CC=C1C(C)=Cc2cc[nH]c21.[Cl-].[Cl-]. The van der Waals surface area contributed by atoms with Gasteiger partial charge in [0, 0.05) is 11.8 Å². The van der Waals surface area contributed by atoms with Crippen molar-refractivity contribution >= 4 is 17.7 Å². The number of H-pyrrole nitrogens is 1. The van der Waals surface area contributed by atoms with Crippen molar-refractivity contribution in [3.8, 4) is 11.1 Å². The molecule has 2 aromatic carbocycles. The molecule has 4 heteroatoms. The Hall–Kier alpha value is -1.60. The van der Waals surface area contributed by atoms with E-state index in [1.807, 2.05) is 6.20 Å². The number of fused-ring (bicyclic) bond motifs is 2. The van der Waals surface area contributed by atoms with E-state index >= 15 is 0 Å². The first kappa shape index (κ1) is 28.6. The number of benzene rings is 2. The predicted molar refractivity (Wildman–Crippen MR) is 135 cm³/mol. The van der Waals surface area contributed by atoms with E-state index in [0.29, 0.717) is 3.63 Å². The van der Waals surface area contributed by atoms with Gasteiger partial charge in [-0.05, 0) is 37.1 Å². The number of aromatic nitrogens is 1. The Morgan fingerprint density at radius 2 is 1.59 bits per heavy atom. The minimum atomic E-state index is 0. The number of halogens is 2. The van der Waals surface area contributed by atoms with Gasteiger partial charge in [0.25, 0.3) is 0 Å². The smallest absolute Gasteiger partial charge is 0.0526 e. The minimum Gasteiger partial charge on any atom is -1.00 e. The van der Waals surface area contributed by atoms with Crippen molar-refractivity contribution in [1.29, 1.82) is 0 Å². The Morgan fingerprint density at radius 1 is 0.912 bits per heavy atom.